The van der Waals surface area contributed by atoms with Crippen LogP contribution in [0.2, 0.25) is 0 Å². The van der Waals surface area contributed by atoms with Crippen LogP contribution < -0.4 is 5.32 Å². The second-order valence-electron chi connectivity index (χ2n) is 5.38. The van der Waals surface area contributed by atoms with Crippen LogP contribution in [0.25, 0.3) is 0 Å². The lowest BCUT2D eigenvalue weighted by molar-refractivity contribution is 0.252. The molecule has 2 unspecified atom stereocenters. The third kappa shape index (κ3) is 5.64. The van der Waals surface area contributed by atoms with Gasteiger partial charge in [-0.05, 0) is 45.1 Å². The number of hydrogen-bond acceptors (Lipinski definition) is 1. The van der Waals surface area contributed by atoms with Crippen molar-refractivity contribution >= 4 is 0 Å². The molecule has 0 aromatic rings. The van der Waals surface area contributed by atoms with Crippen LogP contribution in [0.3, 0.4) is 0 Å². The normalized spacial score (nSPS) is 16.7. The monoisotopic (exact) mass is 199 g/mol. The van der Waals surface area contributed by atoms with E-state index in [0.717, 1.165) is 18.4 Å². The Balaban J connectivity index is 3.93. The van der Waals surface area contributed by atoms with Gasteiger partial charge in [-0.3, -0.25) is 0 Å². The molecule has 0 spiro atoms. The smallest absolute Gasteiger partial charge is 0.0127 e. The van der Waals surface area contributed by atoms with Crippen LogP contribution in [-0.4, -0.2) is 12.1 Å². The van der Waals surface area contributed by atoms with Gasteiger partial charge in [-0.15, -0.1) is 0 Å². The lowest BCUT2D eigenvalue weighted by Gasteiger charge is -2.31. The highest BCUT2D eigenvalue weighted by Crippen LogP contribution is 2.24. The SMILES string of the molecule is CCCNC(C)(C)CC(C)C(C)CC. The van der Waals surface area contributed by atoms with Gasteiger partial charge in [-0.1, -0.05) is 34.1 Å². The molecule has 1 nitrogen and oxygen atoms in total. The van der Waals surface area contributed by atoms with Gasteiger partial charge in [0.15, 0.2) is 0 Å². The zero-order valence-electron chi connectivity index (χ0n) is 11.0. The van der Waals surface area contributed by atoms with E-state index in [4.69, 9.17) is 0 Å². The Hall–Kier alpha value is -0.0400. The van der Waals surface area contributed by atoms with Crippen molar-refractivity contribution in [2.45, 2.75) is 66.3 Å². The van der Waals surface area contributed by atoms with Crippen LogP contribution in [0, 0.1) is 11.8 Å². The van der Waals surface area contributed by atoms with Crippen LogP contribution in [-0.2, 0) is 0 Å². The first-order valence-corrected chi connectivity index (χ1v) is 6.18. The van der Waals surface area contributed by atoms with E-state index in [1.807, 2.05) is 0 Å². The van der Waals surface area contributed by atoms with Crippen molar-refractivity contribution in [3.05, 3.63) is 0 Å². The maximum atomic E-state index is 3.62. The van der Waals surface area contributed by atoms with Crippen LogP contribution in [0.1, 0.15) is 60.8 Å². The molecular weight excluding hydrogens is 170 g/mol. The Morgan fingerprint density at radius 1 is 1.07 bits per heavy atom. The molecular formula is C13H29N. The fraction of sp³-hybridized carbons (Fsp3) is 1.00. The first kappa shape index (κ1) is 14.0. The van der Waals surface area contributed by atoms with E-state index in [0.29, 0.717) is 5.54 Å². The van der Waals surface area contributed by atoms with Crippen molar-refractivity contribution < 1.29 is 0 Å². The zero-order chi connectivity index (χ0) is 11.2. The highest BCUT2D eigenvalue weighted by atomic mass is 14.9. The summed E-state index contributed by atoms with van der Waals surface area (Å²) in [5.41, 5.74) is 0.304. The second kappa shape index (κ2) is 6.44. The van der Waals surface area contributed by atoms with E-state index in [1.165, 1.54) is 19.3 Å². The van der Waals surface area contributed by atoms with Gasteiger partial charge in [0.2, 0.25) is 0 Å². The molecule has 1 heteroatoms. The molecule has 0 aromatic carbocycles. The lowest BCUT2D eigenvalue weighted by Crippen LogP contribution is -2.41. The number of nitrogens with one attached hydrogen (secondary N) is 1. The highest BCUT2D eigenvalue weighted by molar-refractivity contribution is 4.80. The third-order valence-corrected chi connectivity index (χ3v) is 3.30. The Bertz CT molecular complexity index is 140. The molecule has 0 aliphatic carbocycles. The molecule has 0 heterocycles. The van der Waals surface area contributed by atoms with E-state index in [2.05, 4.69) is 46.9 Å². The molecule has 0 saturated carbocycles. The molecule has 0 saturated heterocycles. The molecule has 86 valence electrons. The summed E-state index contributed by atoms with van der Waals surface area (Å²) < 4.78 is 0. The van der Waals surface area contributed by atoms with Gasteiger partial charge in [-0.25, -0.2) is 0 Å². The fourth-order valence-electron chi connectivity index (χ4n) is 1.94. The van der Waals surface area contributed by atoms with Crippen LogP contribution in [0.4, 0.5) is 0 Å². The van der Waals surface area contributed by atoms with E-state index in [1.54, 1.807) is 0 Å². The van der Waals surface area contributed by atoms with Gasteiger partial charge in [0, 0.05) is 5.54 Å². The van der Waals surface area contributed by atoms with E-state index in [9.17, 15) is 0 Å². The van der Waals surface area contributed by atoms with Crippen LogP contribution >= 0.6 is 0 Å². The first-order chi connectivity index (χ1) is 6.43. The quantitative estimate of drug-likeness (QED) is 0.657. The minimum absolute atomic E-state index is 0.304. The average molecular weight is 199 g/mol. The Kier molecular flexibility index (Phi) is 6.43. The Morgan fingerprint density at radius 3 is 2.07 bits per heavy atom. The molecule has 0 fully saturated rings. The summed E-state index contributed by atoms with van der Waals surface area (Å²) in [5.74, 6) is 1.66. The molecule has 0 radical (unpaired) electrons. The molecule has 2 atom stereocenters. The molecule has 1 N–H and O–H groups in total. The summed E-state index contributed by atoms with van der Waals surface area (Å²) in [4.78, 5) is 0. The lowest BCUT2D eigenvalue weighted by atomic mass is 9.83. The van der Waals surface area contributed by atoms with Gasteiger partial charge in [0.1, 0.15) is 0 Å². The summed E-state index contributed by atoms with van der Waals surface area (Å²) in [6, 6.07) is 0. The third-order valence-electron chi connectivity index (χ3n) is 3.30. The summed E-state index contributed by atoms with van der Waals surface area (Å²) in [6.45, 7) is 15.0. The molecule has 0 aliphatic rings. The molecule has 0 bridgehead atoms. The average Bonchev–Trinajstić information content (AvgIpc) is 2.12. The van der Waals surface area contributed by atoms with Crippen molar-refractivity contribution in [3.8, 4) is 0 Å². The summed E-state index contributed by atoms with van der Waals surface area (Å²) >= 11 is 0. The van der Waals surface area contributed by atoms with Crippen molar-refractivity contribution in [2.75, 3.05) is 6.54 Å². The zero-order valence-corrected chi connectivity index (χ0v) is 11.0. The predicted molar refractivity (Wildman–Crippen MR) is 65.6 cm³/mol. The molecule has 0 amide bonds. The summed E-state index contributed by atoms with van der Waals surface area (Å²) in [7, 11) is 0. The van der Waals surface area contributed by atoms with Gasteiger partial charge in [0.05, 0.1) is 0 Å². The van der Waals surface area contributed by atoms with Crippen molar-refractivity contribution in [3.63, 3.8) is 0 Å². The minimum atomic E-state index is 0.304. The van der Waals surface area contributed by atoms with E-state index in [-0.39, 0.29) is 0 Å². The molecule has 0 aliphatic heterocycles. The minimum Gasteiger partial charge on any atom is -0.312 e. The highest BCUT2D eigenvalue weighted by Gasteiger charge is 2.22. The standard InChI is InChI=1S/C13H29N/c1-7-9-14-13(5,6)10-12(4)11(3)8-2/h11-12,14H,7-10H2,1-6H3. The summed E-state index contributed by atoms with van der Waals surface area (Å²) in [6.07, 6.45) is 3.80. The predicted octanol–water partition coefficient (Wildman–Crippen LogP) is 3.84. The topological polar surface area (TPSA) is 12.0 Å². The number of rotatable bonds is 7. The Morgan fingerprint density at radius 2 is 1.64 bits per heavy atom. The van der Waals surface area contributed by atoms with E-state index >= 15 is 0 Å². The molecule has 14 heavy (non-hydrogen) atoms. The summed E-state index contributed by atoms with van der Waals surface area (Å²) in [5, 5.41) is 3.62. The Labute approximate surface area is 90.7 Å². The van der Waals surface area contributed by atoms with Gasteiger partial charge in [0.25, 0.3) is 0 Å². The second-order valence-corrected chi connectivity index (χ2v) is 5.38. The largest absolute Gasteiger partial charge is 0.312 e. The fourth-order valence-corrected chi connectivity index (χ4v) is 1.94. The van der Waals surface area contributed by atoms with Crippen molar-refractivity contribution in [1.82, 2.24) is 5.32 Å². The maximum Gasteiger partial charge on any atom is 0.0127 e. The van der Waals surface area contributed by atoms with Crippen molar-refractivity contribution in [2.24, 2.45) is 11.8 Å². The number of hydrogen-bond donors (Lipinski definition) is 1. The molecule has 0 rings (SSSR count). The van der Waals surface area contributed by atoms with Gasteiger partial charge < -0.3 is 5.32 Å². The van der Waals surface area contributed by atoms with Crippen LogP contribution in [0.15, 0.2) is 0 Å². The van der Waals surface area contributed by atoms with E-state index < -0.39 is 0 Å². The van der Waals surface area contributed by atoms with Crippen LogP contribution in [0.5, 0.6) is 0 Å². The maximum absolute atomic E-state index is 3.62. The van der Waals surface area contributed by atoms with Gasteiger partial charge >= 0.3 is 0 Å². The molecule has 0 aromatic heterocycles. The van der Waals surface area contributed by atoms with Crippen molar-refractivity contribution in [1.29, 1.82) is 0 Å². The van der Waals surface area contributed by atoms with Gasteiger partial charge in [-0.2, -0.15) is 0 Å². The first-order valence-electron chi connectivity index (χ1n) is 6.18.